The lowest BCUT2D eigenvalue weighted by Crippen LogP contribution is -2.16. The van der Waals surface area contributed by atoms with Crippen molar-refractivity contribution in [3.8, 4) is 5.69 Å². The lowest BCUT2D eigenvalue weighted by molar-refractivity contribution is 0.649. The summed E-state index contributed by atoms with van der Waals surface area (Å²) in [7, 11) is 0. The molecule has 1 N–H and O–H groups in total. The Morgan fingerprint density at radius 3 is 2.67 bits per heavy atom. The first kappa shape index (κ1) is 13.5. The van der Waals surface area contributed by atoms with Gasteiger partial charge in [0.2, 0.25) is 0 Å². The van der Waals surface area contributed by atoms with E-state index in [2.05, 4.69) is 37.2 Å². The summed E-state index contributed by atoms with van der Waals surface area (Å²) in [6.45, 7) is 3.43. The predicted octanol–water partition coefficient (Wildman–Crippen LogP) is 2.26. The third-order valence-electron chi connectivity index (χ3n) is 3.27. The molecule has 1 aromatic carbocycles. The van der Waals surface area contributed by atoms with Gasteiger partial charge in [0.25, 0.3) is 0 Å². The number of hydrogen-bond acceptors (Lipinski definition) is 4. The van der Waals surface area contributed by atoms with E-state index < -0.39 is 0 Å². The summed E-state index contributed by atoms with van der Waals surface area (Å²) in [5.74, 6) is 0.984. The molecule has 2 heterocycles. The Morgan fingerprint density at radius 1 is 1.05 bits per heavy atom. The van der Waals surface area contributed by atoms with Crippen molar-refractivity contribution in [2.24, 2.45) is 0 Å². The molecule has 0 bridgehead atoms. The predicted molar refractivity (Wildman–Crippen MR) is 80.9 cm³/mol. The van der Waals surface area contributed by atoms with E-state index in [9.17, 15) is 0 Å². The summed E-state index contributed by atoms with van der Waals surface area (Å²) in [5, 5.41) is 11.3. The van der Waals surface area contributed by atoms with E-state index in [1.165, 1.54) is 0 Å². The largest absolute Gasteiger partial charge is 0.305 e. The van der Waals surface area contributed by atoms with Gasteiger partial charge in [0.15, 0.2) is 0 Å². The number of hydrogen-bond donors (Lipinski definition) is 1. The molecule has 3 rings (SSSR count). The second kappa shape index (κ2) is 6.28. The topological polar surface area (TPSA) is 55.6 Å². The molecule has 0 aliphatic heterocycles. The highest BCUT2D eigenvalue weighted by Crippen LogP contribution is 2.14. The second-order valence-corrected chi connectivity index (χ2v) is 4.79. The average molecular weight is 279 g/mol. The summed E-state index contributed by atoms with van der Waals surface area (Å²) in [4.78, 5) is 4.41. The van der Waals surface area contributed by atoms with Crippen LogP contribution in [0, 0.1) is 6.92 Å². The van der Waals surface area contributed by atoms with Crippen LogP contribution in [-0.2, 0) is 13.1 Å². The van der Waals surface area contributed by atoms with Gasteiger partial charge in [0.1, 0.15) is 5.82 Å². The normalized spacial score (nSPS) is 10.7. The molecule has 0 fully saturated rings. The van der Waals surface area contributed by atoms with E-state index in [0.29, 0.717) is 6.54 Å². The molecule has 0 spiro atoms. The van der Waals surface area contributed by atoms with Gasteiger partial charge in [-0.25, -0.2) is 4.98 Å². The smallest absolute Gasteiger partial charge is 0.110 e. The molecule has 0 saturated heterocycles. The SMILES string of the molecule is Cc1ncc(CNCc2cccnn2)n1-c1ccccc1. The zero-order chi connectivity index (χ0) is 14.5. The fourth-order valence-corrected chi connectivity index (χ4v) is 2.29. The number of nitrogens with one attached hydrogen (secondary N) is 1. The number of imidazole rings is 1. The molecule has 3 aromatic rings. The van der Waals surface area contributed by atoms with Gasteiger partial charge in [-0.15, -0.1) is 0 Å². The maximum Gasteiger partial charge on any atom is 0.110 e. The molecule has 0 aliphatic rings. The fraction of sp³-hybridized carbons (Fsp3) is 0.188. The van der Waals surface area contributed by atoms with Crippen LogP contribution in [-0.4, -0.2) is 19.7 Å². The minimum absolute atomic E-state index is 0.687. The van der Waals surface area contributed by atoms with Crippen LogP contribution in [0.4, 0.5) is 0 Å². The Hall–Kier alpha value is -2.53. The summed E-state index contributed by atoms with van der Waals surface area (Å²) in [6.07, 6.45) is 3.59. The molecule has 0 unspecified atom stereocenters. The van der Waals surface area contributed by atoms with E-state index in [0.717, 1.165) is 29.4 Å². The molecule has 0 amide bonds. The number of aromatic nitrogens is 4. The molecular formula is C16H17N5. The van der Waals surface area contributed by atoms with Crippen LogP contribution in [0.25, 0.3) is 5.69 Å². The van der Waals surface area contributed by atoms with Crippen LogP contribution >= 0.6 is 0 Å². The van der Waals surface area contributed by atoms with Gasteiger partial charge in [0, 0.05) is 25.0 Å². The molecule has 5 nitrogen and oxygen atoms in total. The number of benzene rings is 1. The minimum atomic E-state index is 0.687. The van der Waals surface area contributed by atoms with Gasteiger partial charge in [-0.2, -0.15) is 10.2 Å². The van der Waals surface area contributed by atoms with Crippen molar-refractivity contribution in [3.63, 3.8) is 0 Å². The monoisotopic (exact) mass is 279 g/mol. The van der Waals surface area contributed by atoms with Gasteiger partial charge < -0.3 is 5.32 Å². The third kappa shape index (κ3) is 3.14. The maximum absolute atomic E-state index is 4.41. The number of para-hydroxylation sites is 1. The van der Waals surface area contributed by atoms with Crippen molar-refractivity contribution in [2.45, 2.75) is 20.0 Å². The van der Waals surface area contributed by atoms with E-state index in [1.807, 2.05) is 43.5 Å². The molecule has 0 aliphatic carbocycles. The second-order valence-electron chi connectivity index (χ2n) is 4.79. The van der Waals surface area contributed by atoms with E-state index in [-0.39, 0.29) is 0 Å². The van der Waals surface area contributed by atoms with Gasteiger partial charge in [-0.1, -0.05) is 18.2 Å². The Bertz CT molecular complexity index is 691. The first-order valence-electron chi connectivity index (χ1n) is 6.90. The summed E-state index contributed by atoms with van der Waals surface area (Å²) < 4.78 is 2.16. The van der Waals surface area contributed by atoms with Crippen molar-refractivity contribution < 1.29 is 0 Å². The lowest BCUT2D eigenvalue weighted by atomic mass is 10.3. The lowest BCUT2D eigenvalue weighted by Gasteiger charge is -2.11. The summed E-state index contributed by atoms with van der Waals surface area (Å²) >= 11 is 0. The standard InChI is InChI=1S/C16H17N5/c1-13-18-12-16(21(13)15-7-3-2-4-8-15)11-17-10-14-6-5-9-19-20-14/h2-9,12,17H,10-11H2,1H3. The van der Waals surface area contributed by atoms with Crippen LogP contribution in [0.1, 0.15) is 17.2 Å². The number of nitrogens with zero attached hydrogens (tertiary/aromatic N) is 4. The van der Waals surface area contributed by atoms with Crippen molar-refractivity contribution in [1.82, 2.24) is 25.1 Å². The first-order chi connectivity index (χ1) is 10.3. The Kier molecular flexibility index (Phi) is 4.02. The van der Waals surface area contributed by atoms with Crippen LogP contribution in [0.2, 0.25) is 0 Å². The molecule has 0 radical (unpaired) electrons. The third-order valence-corrected chi connectivity index (χ3v) is 3.27. The quantitative estimate of drug-likeness (QED) is 0.778. The molecule has 2 aromatic heterocycles. The minimum Gasteiger partial charge on any atom is -0.305 e. The molecule has 106 valence electrons. The fourth-order valence-electron chi connectivity index (χ4n) is 2.29. The van der Waals surface area contributed by atoms with E-state index >= 15 is 0 Å². The summed E-state index contributed by atoms with van der Waals surface area (Å²) in [6, 6.07) is 14.1. The highest BCUT2D eigenvalue weighted by atomic mass is 15.1. The Balaban J connectivity index is 1.72. The molecule has 5 heteroatoms. The molecular weight excluding hydrogens is 262 g/mol. The van der Waals surface area contributed by atoms with Crippen LogP contribution in [0.15, 0.2) is 54.9 Å². The molecule has 0 atom stereocenters. The van der Waals surface area contributed by atoms with Crippen molar-refractivity contribution in [1.29, 1.82) is 0 Å². The highest BCUT2D eigenvalue weighted by molar-refractivity contribution is 5.35. The van der Waals surface area contributed by atoms with Crippen LogP contribution < -0.4 is 5.32 Å². The highest BCUT2D eigenvalue weighted by Gasteiger charge is 2.08. The van der Waals surface area contributed by atoms with Crippen LogP contribution in [0.5, 0.6) is 0 Å². The Morgan fingerprint density at radius 2 is 1.90 bits per heavy atom. The van der Waals surface area contributed by atoms with Crippen LogP contribution in [0.3, 0.4) is 0 Å². The zero-order valence-electron chi connectivity index (χ0n) is 11.9. The maximum atomic E-state index is 4.41. The van der Waals surface area contributed by atoms with Crippen molar-refractivity contribution in [3.05, 3.63) is 72.1 Å². The molecule has 21 heavy (non-hydrogen) atoms. The summed E-state index contributed by atoms with van der Waals surface area (Å²) in [5.41, 5.74) is 3.19. The van der Waals surface area contributed by atoms with Gasteiger partial charge in [-0.3, -0.25) is 4.57 Å². The number of aryl methyl sites for hydroxylation is 1. The van der Waals surface area contributed by atoms with Gasteiger partial charge >= 0.3 is 0 Å². The Labute approximate surface area is 123 Å². The molecule has 0 saturated carbocycles. The first-order valence-corrected chi connectivity index (χ1v) is 6.90. The van der Waals surface area contributed by atoms with Crippen molar-refractivity contribution in [2.75, 3.05) is 0 Å². The van der Waals surface area contributed by atoms with Gasteiger partial charge in [-0.05, 0) is 31.2 Å². The van der Waals surface area contributed by atoms with Crippen molar-refractivity contribution >= 4 is 0 Å². The number of rotatable bonds is 5. The zero-order valence-corrected chi connectivity index (χ0v) is 11.9. The van der Waals surface area contributed by atoms with E-state index in [4.69, 9.17) is 0 Å². The van der Waals surface area contributed by atoms with Gasteiger partial charge in [0.05, 0.1) is 17.6 Å². The average Bonchev–Trinajstić information content (AvgIpc) is 2.90. The van der Waals surface area contributed by atoms with E-state index in [1.54, 1.807) is 6.20 Å².